The molecule has 0 radical (unpaired) electrons. The molecule has 0 unspecified atom stereocenters. The van der Waals surface area contributed by atoms with Gasteiger partial charge in [0, 0.05) is 31.8 Å². The highest BCUT2D eigenvalue weighted by Gasteiger charge is 2.41. The van der Waals surface area contributed by atoms with Crippen LogP contribution in [0.25, 0.3) is 0 Å². The van der Waals surface area contributed by atoms with Crippen LogP contribution in [-0.2, 0) is 0 Å². The smallest absolute Gasteiger partial charge is 0.391 e. The zero-order valence-corrected chi connectivity index (χ0v) is 20.9. The molecule has 38 heavy (non-hydrogen) atoms. The quantitative estimate of drug-likeness (QED) is 0.433. The Bertz CT molecular complexity index is 1200. The Morgan fingerprint density at radius 3 is 2.79 bits per heavy atom. The molecule has 0 aliphatic carbocycles. The number of aliphatic hydroxyl groups is 2. The van der Waals surface area contributed by atoms with Gasteiger partial charge in [-0.25, -0.2) is 19.7 Å². The number of rotatable bonds is 8. The molecule has 1 fully saturated rings. The van der Waals surface area contributed by atoms with Crippen LogP contribution in [0.1, 0.15) is 42.5 Å². The first kappa shape index (κ1) is 27.5. The molecule has 3 N–H and O–H groups in total. The summed E-state index contributed by atoms with van der Waals surface area (Å²) in [6.07, 6.45) is -3.55. The van der Waals surface area contributed by atoms with Crippen molar-refractivity contribution >= 4 is 29.1 Å². The van der Waals surface area contributed by atoms with Crippen molar-refractivity contribution in [2.45, 2.75) is 51.4 Å². The number of anilines is 3. The number of aromatic nitrogens is 3. The SMILES string of the molecule is Cc1nc(C(=O)C[C@H](C)C(F)(F)F)nc2c1N1CCC[C@@H](C1)N2C(=O)Nc1cc(OC[C@H](O)CO)ccn1. The number of carbonyl (C=O) groups is 2. The lowest BCUT2D eigenvalue weighted by Gasteiger charge is -2.46. The number of hydrogen-bond donors (Lipinski definition) is 3. The number of urea groups is 1. The summed E-state index contributed by atoms with van der Waals surface area (Å²) in [5.41, 5.74) is 0.951. The van der Waals surface area contributed by atoms with Gasteiger partial charge in [-0.05, 0) is 25.8 Å². The maximum Gasteiger partial charge on any atom is 0.391 e. The second kappa shape index (κ2) is 11.1. The topological polar surface area (TPSA) is 141 Å². The molecule has 2 aromatic heterocycles. The number of hydrogen-bond acceptors (Lipinski definition) is 9. The van der Waals surface area contributed by atoms with E-state index in [1.165, 1.54) is 23.2 Å². The highest BCUT2D eigenvalue weighted by Crippen LogP contribution is 2.40. The molecule has 2 aliphatic rings. The minimum absolute atomic E-state index is 0.145. The van der Waals surface area contributed by atoms with Crippen molar-refractivity contribution in [3.63, 3.8) is 0 Å². The lowest BCUT2D eigenvalue weighted by Crippen LogP contribution is -2.56. The molecule has 2 bridgehead atoms. The summed E-state index contributed by atoms with van der Waals surface area (Å²) in [6, 6.07) is 2.09. The Balaban J connectivity index is 1.62. The van der Waals surface area contributed by atoms with Crippen LogP contribution in [0.15, 0.2) is 18.3 Å². The number of aryl methyl sites for hydroxylation is 1. The van der Waals surface area contributed by atoms with Crippen LogP contribution < -0.4 is 19.9 Å². The minimum atomic E-state index is -4.53. The largest absolute Gasteiger partial charge is 0.491 e. The predicted molar refractivity (Wildman–Crippen MR) is 130 cm³/mol. The predicted octanol–water partition coefficient (Wildman–Crippen LogP) is 2.70. The van der Waals surface area contributed by atoms with Crippen LogP contribution in [0.5, 0.6) is 5.75 Å². The number of fused-ring (bicyclic) bond motifs is 4. The number of Topliss-reactive ketones (excluding diaryl/α,β-unsaturated/α-hetero) is 1. The number of alkyl halides is 3. The van der Waals surface area contributed by atoms with Gasteiger partial charge in [0.1, 0.15) is 30.0 Å². The second-order valence-corrected chi connectivity index (χ2v) is 9.44. The highest BCUT2D eigenvalue weighted by atomic mass is 19.4. The van der Waals surface area contributed by atoms with Crippen LogP contribution in [0.2, 0.25) is 0 Å². The fraction of sp³-hybridized carbons (Fsp3) is 0.542. The highest BCUT2D eigenvalue weighted by molar-refractivity contribution is 6.05. The van der Waals surface area contributed by atoms with Gasteiger partial charge in [0.25, 0.3) is 0 Å². The first-order valence-electron chi connectivity index (χ1n) is 12.2. The second-order valence-electron chi connectivity index (χ2n) is 9.44. The van der Waals surface area contributed by atoms with Crippen LogP contribution in [0, 0.1) is 12.8 Å². The molecule has 3 atom stereocenters. The molecule has 4 rings (SSSR count). The third-order valence-corrected chi connectivity index (χ3v) is 6.48. The van der Waals surface area contributed by atoms with Gasteiger partial charge in [-0.3, -0.25) is 15.0 Å². The Hall–Kier alpha value is -3.52. The number of nitrogens with zero attached hydrogens (tertiary/aromatic N) is 5. The first-order valence-corrected chi connectivity index (χ1v) is 12.2. The van der Waals surface area contributed by atoms with Gasteiger partial charge in [0.2, 0.25) is 5.78 Å². The number of halogens is 3. The number of piperidine rings is 1. The first-order chi connectivity index (χ1) is 18.0. The lowest BCUT2D eigenvalue weighted by atomic mass is 9.99. The van der Waals surface area contributed by atoms with Gasteiger partial charge in [0.05, 0.1) is 24.3 Å². The summed E-state index contributed by atoms with van der Waals surface area (Å²) >= 11 is 0. The zero-order chi connectivity index (χ0) is 27.6. The maximum atomic E-state index is 13.5. The summed E-state index contributed by atoms with van der Waals surface area (Å²) in [5.74, 6) is -2.48. The van der Waals surface area contributed by atoms with Crippen LogP contribution >= 0.6 is 0 Å². The van der Waals surface area contributed by atoms with Crippen molar-refractivity contribution in [2.75, 3.05) is 41.4 Å². The van der Waals surface area contributed by atoms with E-state index in [0.717, 1.165) is 13.3 Å². The maximum absolute atomic E-state index is 13.5. The van der Waals surface area contributed by atoms with E-state index in [0.29, 0.717) is 36.6 Å². The molecule has 0 spiro atoms. The van der Waals surface area contributed by atoms with Crippen molar-refractivity contribution < 1.29 is 37.7 Å². The monoisotopic (exact) mass is 538 g/mol. The third kappa shape index (κ3) is 5.96. The lowest BCUT2D eigenvalue weighted by molar-refractivity contribution is -0.168. The van der Waals surface area contributed by atoms with Crippen molar-refractivity contribution in [1.29, 1.82) is 0 Å². The number of nitrogens with one attached hydrogen (secondary N) is 1. The Labute approximate surface area is 216 Å². The normalized spacial score (nSPS) is 18.4. The van der Waals surface area contributed by atoms with Gasteiger partial charge in [0.15, 0.2) is 11.6 Å². The molecule has 11 nitrogen and oxygen atoms in total. The summed E-state index contributed by atoms with van der Waals surface area (Å²) < 4.78 is 44.5. The van der Waals surface area contributed by atoms with Crippen LogP contribution in [-0.4, -0.2) is 81.6 Å². The van der Waals surface area contributed by atoms with Crippen LogP contribution in [0.3, 0.4) is 0 Å². The van der Waals surface area contributed by atoms with E-state index in [4.69, 9.17) is 9.84 Å². The van der Waals surface area contributed by atoms with Gasteiger partial charge in [-0.1, -0.05) is 6.92 Å². The average Bonchev–Trinajstić information content (AvgIpc) is 2.86. The number of aliphatic hydroxyl groups excluding tert-OH is 2. The number of carbonyl (C=O) groups excluding carboxylic acids is 2. The molecule has 2 aromatic rings. The minimum Gasteiger partial charge on any atom is -0.491 e. The molecule has 4 heterocycles. The molecule has 2 aliphatic heterocycles. The third-order valence-electron chi connectivity index (χ3n) is 6.48. The van der Waals surface area contributed by atoms with E-state index in [1.54, 1.807) is 6.92 Å². The zero-order valence-electron chi connectivity index (χ0n) is 20.9. The van der Waals surface area contributed by atoms with E-state index in [1.807, 2.05) is 4.90 Å². The number of ketones is 1. The van der Waals surface area contributed by atoms with E-state index in [2.05, 4.69) is 20.3 Å². The van der Waals surface area contributed by atoms with Gasteiger partial charge >= 0.3 is 12.2 Å². The molecule has 0 saturated carbocycles. The summed E-state index contributed by atoms with van der Waals surface area (Å²) in [6.45, 7) is 3.14. The van der Waals surface area contributed by atoms with E-state index < -0.39 is 43.0 Å². The van der Waals surface area contributed by atoms with E-state index in [9.17, 15) is 27.9 Å². The average molecular weight is 539 g/mol. The molecular formula is C24H29F3N6O5. The number of amides is 2. The van der Waals surface area contributed by atoms with Gasteiger partial charge in [-0.15, -0.1) is 0 Å². The van der Waals surface area contributed by atoms with E-state index >= 15 is 0 Å². The molecule has 0 aromatic carbocycles. The summed E-state index contributed by atoms with van der Waals surface area (Å²) in [7, 11) is 0. The number of ether oxygens (including phenoxy) is 1. The standard InChI is InChI=1S/C24H29F3N6O5/c1-13(24(25,26)27)8-18(36)21-29-14(2)20-22(31-21)33(15-4-3-7-32(20)10-15)23(37)30-19-9-17(5-6-28-19)38-12-16(35)11-34/h5-6,9,13,15-16,34-35H,3-4,7-8,10-12H2,1-2H3,(H,28,30,37)/t13-,15-,16+/m0/s1. The molecule has 2 amide bonds. The van der Waals surface area contributed by atoms with Crippen molar-refractivity contribution in [3.8, 4) is 5.75 Å². The Kier molecular flexibility index (Phi) is 8.02. The fourth-order valence-corrected chi connectivity index (χ4v) is 4.49. The molecule has 206 valence electrons. The summed E-state index contributed by atoms with van der Waals surface area (Å²) in [4.78, 5) is 42.3. The molecular weight excluding hydrogens is 509 g/mol. The van der Waals surface area contributed by atoms with Crippen molar-refractivity contribution in [1.82, 2.24) is 15.0 Å². The van der Waals surface area contributed by atoms with Crippen molar-refractivity contribution in [3.05, 3.63) is 29.8 Å². The molecule has 1 saturated heterocycles. The van der Waals surface area contributed by atoms with Crippen molar-refractivity contribution in [2.24, 2.45) is 5.92 Å². The van der Waals surface area contributed by atoms with E-state index in [-0.39, 0.29) is 30.1 Å². The van der Waals surface area contributed by atoms with Gasteiger partial charge < -0.3 is 19.8 Å². The number of pyridine rings is 1. The Morgan fingerprint density at radius 1 is 1.32 bits per heavy atom. The Morgan fingerprint density at radius 2 is 2.08 bits per heavy atom. The van der Waals surface area contributed by atoms with Crippen LogP contribution in [0.4, 0.5) is 35.3 Å². The molecule has 14 heteroatoms. The summed E-state index contributed by atoms with van der Waals surface area (Å²) in [5, 5.41) is 21.1. The van der Waals surface area contributed by atoms with Gasteiger partial charge in [-0.2, -0.15) is 13.2 Å². The fourth-order valence-electron chi connectivity index (χ4n) is 4.49.